The van der Waals surface area contributed by atoms with Gasteiger partial charge in [-0.2, -0.15) is 9.40 Å². The number of sulfonamides is 1. The van der Waals surface area contributed by atoms with Crippen LogP contribution in [0.15, 0.2) is 23.9 Å². The van der Waals surface area contributed by atoms with Crippen LogP contribution in [0.1, 0.15) is 19.4 Å². The summed E-state index contributed by atoms with van der Waals surface area (Å²) in [4.78, 5) is 0. The van der Waals surface area contributed by atoms with Gasteiger partial charge >= 0.3 is 0 Å². The van der Waals surface area contributed by atoms with Gasteiger partial charge in [-0.1, -0.05) is 19.9 Å². The van der Waals surface area contributed by atoms with Crippen molar-refractivity contribution in [3.63, 3.8) is 0 Å². The molecule has 0 aliphatic heterocycles. The lowest BCUT2D eigenvalue weighted by atomic mass is 10.3. The normalized spacial score (nSPS) is 12.2. The van der Waals surface area contributed by atoms with Crippen LogP contribution in [0.2, 0.25) is 0 Å². The number of methoxy groups -OCH3 is 1. The molecule has 8 heteroatoms. The summed E-state index contributed by atoms with van der Waals surface area (Å²) in [6.45, 7) is 8.84. The van der Waals surface area contributed by atoms with Crippen LogP contribution in [-0.4, -0.2) is 55.8 Å². The molecule has 0 aromatic carbocycles. The summed E-state index contributed by atoms with van der Waals surface area (Å²) in [6, 6.07) is 0.258. The van der Waals surface area contributed by atoms with E-state index in [1.165, 1.54) is 17.6 Å². The molecule has 0 aliphatic carbocycles. The zero-order chi connectivity index (χ0) is 15.9. The molecule has 1 aromatic rings. The maximum Gasteiger partial charge on any atom is 0.260 e. The summed E-state index contributed by atoms with van der Waals surface area (Å²) in [6.07, 6.45) is 3.08. The SMILES string of the molecule is C=CCN(CCOC)S(=O)(=O)c1[nH]ncc1CNC(C)C. The third-order valence-electron chi connectivity index (χ3n) is 2.85. The molecular weight excluding hydrogens is 292 g/mol. The topological polar surface area (TPSA) is 87.3 Å². The first-order valence-electron chi connectivity index (χ1n) is 6.79. The van der Waals surface area contributed by atoms with Gasteiger partial charge in [0.05, 0.1) is 12.8 Å². The summed E-state index contributed by atoms with van der Waals surface area (Å²) in [7, 11) is -2.11. The van der Waals surface area contributed by atoms with E-state index in [0.717, 1.165) is 0 Å². The van der Waals surface area contributed by atoms with Crippen LogP contribution in [0, 0.1) is 0 Å². The van der Waals surface area contributed by atoms with Crippen molar-refractivity contribution >= 4 is 10.0 Å². The number of hydrogen-bond acceptors (Lipinski definition) is 5. The smallest absolute Gasteiger partial charge is 0.260 e. The Hall–Kier alpha value is -1.22. The molecule has 0 bridgehead atoms. The molecule has 0 saturated heterocycles. The molecule has 0 saturated carbocycles. The number of rotatable bonds is 10. The molecule has 2 N–H and O–H groups in total. The van der Waals surface area contributed by atoms with E-state index < -0.39 is 10.0 Å². The van der Waals surface area contributed by atoms with Crippen molar-refractivity contribution in [3.05, 3.63) is 24.4 Å². The quantitative estimate of drug-likeness (QED) is 0.621. The highest BCUT2D eigenvalue weighted by Gasteiger charge is 2.27. The Morgan fingerprint density at radius 1 is 1.57 bits per heavy atom. The minimum atomic E-state index is -3.65. The number of aromatic amines is 1. The monoisotopic (exact) mass is 316 g/mol. The van der Waals surface area contributed by atoms with Gasteiger partial charge in [0.1, 0.15) is 0 Å². The predicted octanol–water partition coefficient (Wildman–Crippen LogP) is 0.731. The zero-order valence-electron chi connectivity index (χ0n) is 12.8. The number of H-pyrrole nitrogens is 1. The maximum absolute atomic E-state index is 12.7. The number of ether oxygens (including phenoxy) is 1. The molecule has 1 heterocycles. The van der Waals surface area contributed by atoms with Gasteiger partial charge in [0.15, 0.2) is 5.03 Å². The lowest BCUT2D eigenvalue weighted by Gasteiger charge is -2.20. The molecule has 1 aromatic heterocycles. The van der Waals surface area contributed by atoms with Crippen LogP contribution in [0.25, 0.3) is 0 Å². The molecule has 21 heavy (non-hydrogen) atoms. The highest BCUT2D eigenvalue weighted by molar-refractivity contribution is 7.89. The molecule has 0 fully saturated rings. The van der Waals surface area contributed by atoms with Gasteiger partial charge in [0, 0.05) is 38.3 Å². The summed E-state index contributed by atoms with van der Waals surface area (Å²) >= 11 is 0. The molecule has 7 nitrogen and oxygen atoms in total. The van der Waals surface area contributed by atoms with Gasteiger partial charge in [-0.15, -0.1) is 6.58 Å². The van der Waals surface area contributed by atoms with Crippen molar-refractivity contribution in [2.24, 2.45) is 0 Å². The number of hydrogen-bond donors (Lipinski definition) is 2. The van der Waals surface area contributed by atoms with Crippen LogP contribution in [0.4, 0.5) is 0 Å². The van der Waals surface area contributed by atoms with Gasteiger partial charge < -0.3 is 10.1 Å². The van der Waals surface area contributed by atoms with Crippen LogP contribution in [-0.2, 0) is 21.3 Å². The molecule has 0 amide bonds. The molecule has 0 aliphatic rings. The van der Waals surface area contributed by atoms with E-state index >= 15 is 0 Å². The third kappa shape index (κ3) is 4.92. The second kappa shape index (κ2) is 8.28. The summed E-state index contributed by atoms with van der Waals surface area (Å²) in [5.74, 6) is 0. The van der Waals surface area contributed by atoms with E-state index in [4.69, 9.17) is 4.74 Å². The van der Waals surface area contributed by atoms with Crippen molar-refractivity contribution in [2.75, 3.05) is 26.8 Å². The minimum absolute atomic E-state index is 0.119. The summed E-state index contributed by atoms with van der Waals surface area (Å²) < 4.78 is 31.6. The fraction of sp³-hybridized carbons (Fsp3) is 0.615. The Balaban J connectivity index is 2.99. The first kappa shape index (κ1) is 17.8. The van der Waals surface area contributed by atoms with Crippen molar-refractivity contribution < 1.29 is 13.2 Å². The average Bonchev–Trinajstić information content (AvgIpc) is 2.90. The molecule has 0 unspecified atom stereocenters. The Labute approximate surface area is 126 Å². The Bertz CT molecular complexity index is 539. The molecule has 0 radical (unpaired) electrons. The lowest BCUT2D eigenvalue weighted by molar-refractivity contribution is 0.182. The standard InChI is InChI=1S/C13H24N4O3S/c1-5-6-17(7-8-20-4)21(18,19)13-12(10-15-16-13)9-14-11(2)3/h5,10-11,14H,1,6-9H2,2-4H3,(H,15,16). The predicted molar refractivity (Wildman–Crippen MR) is 81.4 cm³/mol. The summed E-state index contributed by atoms with van der Waals surface area (Å²) in [5.41, 5.74) is 0.621. The Kier molecular flexibility index (Phi) is 7.03. The minimum Gasteiger partial charge on any atom is -0.383 e. The second-order valence-corrected chi connectivity index (χ2v) is 6.78. The second-order valence-electron chi connectivity index (χ2n) is 4.90. The number of nitrogens with one attached hydrogen (secondary N) is 2. The highest BCUT2D eigenvalue weighted by atomic mass is 32.2. The fourth-order valence-electron chi connectivity index (χ4n) is 1.74. The van der Waals surface area contributed by atoms with Crippen molar-refractivity contribution in [2.45, 2.75) is 31.5 Å². The third-order valence-corrected chi connectivity index (χ3v) is 4.74. The van der Waals surface area contributed by atoms with Crippen LogP contribution >= 0.6 is 0 Å². The molecule has 1 rings (SSSR count). The van der Waals surface area contributed by atoms with Gasteiger partial charge in [0.2, 0.25) is 0 Å². The van der Waals surface area contributed by atoms with Gasteiger partial charge in [-0.05, 0) is 0 Å². The fourth-order valence-corrected chi connectivity index (χ4v) is 3.24. The zero-order valence-corrected chi connectivity index (χ0v) is 13.6. The van der Waals surface area contributed by atoms with E-state index in [1.54, 1.807) is 6.08 Å². The molecular formula is C13H24N4O3S. The lowest BCUT2D eigenvalue weighted by Crippen LogP contribution is -2.35. The Morgan fingerprint density at radius 2 is 2.29 bits per heavy atom. The van der Waals surface area contributed by atoms with E-state index in [0.29, 0.717) is 18.7 Å². The van der Waals surface area contributed by atoms with Crippen molar-refractivity contribution in [1.29, 1.82) is 0 Å². The van der Waals surface area contributed by atoms with E-state index in [2.05, 4.69) is 22.1 Å². The van der Waals surface area contributed by atoms with Crippen LogP contribution in [0.5, 0.6) is 0 Å². The molecule has 0 atom stereocenters. The number of nitrogens with zero attached hydrogens (tertiary/aromatic N) is 2. The highest BCUT2D eigenvalue weighted by Crippen LogP contribution is 2.17. The van der Waals surface area contributed by atoms with Crippen LogP contribution < -0.4 is 5.32 Å². The molecule has 120 valence electrons. The average molecular weight is 316 g/mol. The summed E-state index contributed by atoms with van der Waals surface area (Å²) in [5, 5.41) is 9.76. The molecule has 0 spiro atoms. The number of aromatic nitrogens is 2. The Morgan fingerprint density at radius 3 is 2.86 bits per heavy atom. The first-order chi connectivity index (χ1) is 9.93. The van der Waals surface area contributed by atoms with Gasteiger partial charge in [0.25, 0.3) is 10.0 Å². The van der Waals surface area contributed by atoms with Crippen LogP contribution in [0.3, 0.4) is 0 Å². The van der Waals surface area contributed by atoms with Crippen molar-refractivity contribution in [3.8, 4) is 0 Å². The van der Waals surface area contributed by atoms with Gasteiger partial charge in [-0.25, -0.2) is 8.42 Å². The van der Waals surface area contributed by atoms with E-state index in [9.17, 15) is 8.42 Å². The first-order valence-corrected chi connectivity index (χ1v) is 8.23. The maximum atomic E-state index is 12.7. The van der Waals surface area contributed by atoms with Gasteiger partial charge in [-0.3, -0.25) is 5.10 Å². The van der Waals surface area contributed by atoms with E-state index in [-0.39, 0.29) is 24.2 Å². The van der Waals surface area contributed by atoms with Crippen molar-refractivity contribution in [1.82, 2.24) is 19.8 Å². The van der Waals surface area contributed by atoms with E-state index in [1.807, 2.05) is 13.8 Å². The largest absolute Gasteiger partial charge is 0.383 e.